The molecule has 3 fully saturated rings. The summed E-state index contributed by atoms with van der Waals surface area (Å²) in [4.78, 5) is 44.8. The molecule has 2 atom stereocenters. The summed E-state index contributed by atoms with van der Waals surface area (Å²) in [7, 11) is 0. The lowest BCUT2D eigenvalue weighted by atomic mass is 9.98. The molecule has 2 unspecified atom stereocenters. The minimum atomic E-state index is -4.69. The van der Waals surface area contributed by atoms with Gasteiger partial charge in [0.25, 0.3) is 5.91 Å². The van der Waals surface area contributed by atoms with Crippen molar-refractivity contribution >= 4 is 39.1 Å². The van der Waals surface area contributed by atoms with Gasteiger partial charge in [0.2, 0.25) is 11.8 Å². The van der Waals surface area contributed by atoms with Crippen LogP contribution in [0.2, 0.25) is 0 Å². The van der Waals surface area contributed by atoms with Gasteiger partial charge >= 0.3 is 6.18 Å². The van der Waals surface area contributed by atoms with Gasteiger partial charge in [0.05, 0.1) is 35.7 Å². The number of aryl methyl sites for hydroxylation is 1. The van der Waals surface area contributed by atoms with E-state index in [4.69, 9.17) is 0 Å². The highest BCUT2D eigenvalue weighted by atomic mass is 32.1. The number of carbonyl (C=O) groups excluding carboxylic acids is 3. The molecule has 11 heteroatoms. The summed E-state index contributed by atoms with van der Waals surface area (Å²) in [5.74, 6) is -1.41. The number of imide groups is 1. The number of benzene rings is 1. The molecule has 3 amide bonds. The molecule has 6 rings (SSSR count). The van der Waals surface area contributed by atoms with E-state index in [1.165, 1.54) is 23.2 Å². The summed E-state index contributed by atoms with van der Waals surface area (Å²) in [5.41, 5.74) is -0.756. The number of aromatic nitrogens is 1. The molecule has 1 aliphatic carbocycles. The predicted octanol–water partition coefficient (Wildman–Crippen LogP) is 4.13. The van der Waals surface area contributed by atoms with Gasteiger partial charge < -0.3 is 10.6 Å². The van der Waals surface area contributed by atoms with Gasteiger partial charge in [-0.15, -0.1) is 11.3 Å². The van der Waals surface area contributed by atoms with Gasteiger partial charge in [-0.2, -0.15) is 13.2 Å². The minimum Gasteiger partial charge on any atom is -0.347 e. The number of nitrogens with zero attached hydrogens (tertiary/aromatic N) is 2. The molecule has 3 aromatic rings. The maximum absolute atomic E-state index is 13.7. The van der Waals surface area contributed by atoms with Crippen LogP contribution in [0, 0.1) is 24.2 Å². The van der Waals surface area contributed by atoms with E-state index in [9.17, 15) is 27.6 Å². The number of nitrogens with one attached hydrogen (secondary N) is 2. The molecule has 38 heavy (non-hydrogen) atoms. The largest absolute Gasteiger partial charge is 0.433 e. The van der Waals surface area contributed by atoms with Crippen molar-refractivity contribution in [1.29, 1.82) is 0 Å². The van der Waals surface area contributed by atoms with Crippen molar-refractivity contribution in [3.8, 4) is 11.3 Å². The Labute approximate surface area is 220 Å². The molecule has 0 spiro atoms. The molecule has 0 radical (unpaired) electrons. The Morgan fingerprint density at radius 2 is 1.87 bits per heavy atom. The van der Waals surface area contributed by atoms with E-state index in [1.807, 2.05) is 26.0 Å². The molecule has 1 saturated carbocycles. The zero-order valence-corrected chi connectivity index (χ0v) is 21.7. The lowest BCUT2D eigenvalue weighted by molar-refractivity contribution is -0.144. The van der Waals surface area contributed by atoms with Crippen LogP contribution in [0.3, 0.4) is 0 Å². The van der Waals surface area contributed by atoms with Gasteiger partial charge in [0.15, 0.2) is 0 Å². The van der Waals surface area contributed by atoms with Crippen LogP contribution in [-0.4, -0.2) is 46.7 Å². The number of alkyl halides is 3. The van der Waals surface area contributed by atoms with E-state index in [-0.39, 0.29) is 58.5 Å². The number of hydrogen-bond acceptors (Lipinski definition) is 6. The number of hydrogen-bond donors (Lipinski definition) is 2. The van der Waals surface area contributed by atoms with E-state index >= 15 is 0 Å². The first-order valence-corrected chi connectivity index (χ1v) is 13.2. The smallest absolute Gasteiger partial charge is 0.347 e. The summed E-state index contributed by atoms with van der Waals surface area (Å²) >= 11 is 1.29. The Kier molecular flexibility index (Phi) is 5.49. The summed E-state index contributed by atoms with van der Waals surface area (Å²) in [6.07, 6.45) is -4.69. The first-order valence-electron chi connectivity index (χ1n) is 12.4. The van der Waals surface area contributed by atoms with Crippen LogP contribution in [0.4, 0.5) is 13.2 Å². The fraction of sp³-hybridized carbons (Fsp3) is 0.407. The zero-order valence-electron chi connectivity index (χ0n) is 20.9. The van der Waals surface area contributed by atoms with Gasteiger partial charge in [-0.3, -0.25) is 19.3 Å². The number of thiophene rings is 1. The van der Waals surface area contributed by atoms with Crippen LogP contribution in [-0.2, 0) is 22.3 Å². The number of carbonyl (C=O) groups is 3. The normalized spacial score (nSPS) is 22.5. The second kappa shape index (κ2) is 8.34. The molecule has 4 heterocycles. The third-order valence-electron chi connectivity index (χ3n) is 7.91. The molecule has 0 bridgehead atoms. The maximum Gasteiger partial charge on any atom is 0.433 e. The Balaban J connectivity index is 1.41. The number of amides is 3. The number of piperidine rings is 1. The SMILES string of the molecule is Cc1cc(C(F)(F)F)nc(-c2cccc3cc(CN4C(=O)C5C(C4=O)C5(C)C)sc23)c1C(=O)NC1CNC1. The lowest BCUT2D eigenvalue weighted by Crippen LogP contribution is -2.57. The number of likely N-dealkylation sites (tertiary alicyclic amines) is 1. The monoisotopic (exact) mass is 542 g/mol. The van der Waals surface area contributed by atoms with E-state index < -0.39 is 17.8 Å². The van der Waals surface area contributed by atoms with Gasteiger partial charge in [-0.25, -0.2) is 4.98 Å². The average molecular weight is 543 g/mol. The number of fused-ring (bicyclic) bond motifs is 2. The van der Waals surface area contributed by atoms with E-state index in [0.29, 0.717) is 23.4 Å². The van der Waals surface area contributed by atoms with Gasteiger partial charge in [-0.1, -0.05) is 32.0 Å². The van der Waals surface area contributed by atoms with Crippen LogP contribution < -0.4 is 10.6 Å². The highest BCUT2D eigenvalue weighted by Crippen LogP contribution is 2.63. The molecular weight excluding hydrogens is 517 g/mol. The van der Waals surface area contributed by atoms with Crippen molar-refractivity contribution in [3.05, 3.63) is 52.0 Å². The minimum absolute atomic E-state index is 0.0440. The van der Waals surface area contributed by atoms with Gasteiger partial charge in [0, 0.05) is 28.2 Å². The van der Waals surface area contributed by atoms with Crippen LogP contribution in [0.5, 0.6) is 0 Å². The van der Waals surface area contributed by atoms with Crippen molar-refractivity contribution in [1.82, 2.24) is 20.5 Å². The Bertz CT molecular complexity index is 1500. The first kappa shape index (κ1) is 25.0. The van der Waals surface area contributed by atoms with Crippen molar-refractivity contribution in [3.63, 3.8) is 0 Å². The fourth-order valence-corrected chi connectivity index (χ4v) is 6.81. The van der Waals surface area contributed by atoms with Crippen molar-refractivity contribution < 1.29 is 27.6 Å². The summed E-state index contributed by atoms with van der Waals surface area (Å²) in [6.45, 7) is 6.60. The van der Waals surface area contributed by atoms with Crippen LogP contribution in [0.15, 0.2) is 30.3 Å². The Hall–Kier alpha value is -3.31. The van der Waals surface area contributed by atoms with Crippen LogP contribution >= 0.6 is 11.3 Å². The van der Waals surface area contributed by atoms with Crippen molar-refractivity contribution in [2.75, 3.05) is 13.1 Å². The molecule has 3 aliphatic rings. The van der Waals surface area contributed by atoms with Gasteiger partial charge in [-0.05, 0) is 35.4 Å². The third-order valence-corrected chi connectivity index (χ3v) is 9.08. The maximum atomic E-state index is 13.7. The average Bonchev–Trinajstić information content (AvgIpc) is 3.06. The van der Waals surface area contributed by atoms with E-state index in [2.05, 4.69) is 15.6 Å². The quantitative estimate of drug-likeness (QED) is 0.473. The zero-order chi connectivity index (χ0) is 27.1. The standard InChI is InChI=1S/C27H25F3N4O3S/c1-12-7-17(27(28,29)30)33-21(18(12)23(35)32-14-9-31-10-14)16-6-4-5-13-8-15(38-22(13)16)11-34-24(36)19-20(25(34)37)26(19,2)3/h4-8,14,19-20,31H,9-11H2,1-3H3,(H,32,35). The molecule has 1 aromatic carbocycles. The Morgan fingerprint density at radius 1 is 1.18 bits per heavy atom. The van der Waals surface area contributed by atoms with Crippen molar-refractivity contribution in [2.24, 2.45) is 17.3 Å². The molecule has 198 valence electrons. The number of pyridine rings is 1. The van der Waals surface area contributed by atoms with Gasteiger partial charge in [0.1, 0.15) is 5.69 Å². The molecule has 2 saturated heterocycles. The second-order valence-corrected chi connectivity index (χ2v) is 12.0. The summed E-state index contributed by atoms with van der Waals surface area (Å²) < 4.78 is 41.9. The number of halogens is 3. The first-order chi connectivity index (χ1) is 17.9. The van der Waals surface area contributed by atoms with Crippen LogP contribution in [0.25, 0.3) is 21.3 Å². The summed E-state index contributed by atoms with van der Waals surface area (Å²) in [6, 6.07) is 7.79. The fourth-order valence-electron chi connectivity index (χ4n) is 5.64. The van der Waals surface area contributed by atoms with E-state index in [0.717, 1.165) is 16.3 Å². The molecular formula is C27H25F3N4O3S. The summed E-state index contributed by atoms with van der Waals surface area (Å²) in [5, 5.41) is 6.65. The lowest BCUT2D eigenvalue weighted by Gasteiger charge is -2.28. The van der Waals surface area contributed by atoms with Crippen LogP contribution in [0.1, 0.15) is 40.3 Å². The number of rotatable bonds is 5. The molecule has 2 aromatic heterocycles. The Morgan fingerprint density at radius 3 is 2.47 bits per heavy atom. The second-order valence-electron chi connectivity index (χ2n) is 10.9. The highest BCUT2D eigenvalue weighted by molar-refractivity contribution is 7.19. The van der Waals surface area contributed by atoms with Crippen molar-refractivity contribution in [2.45, 2.75) is 39.5 Å². The molecule has 2 aliphatic heterocycles. The topological polar surface area (TPSA) is 91.4 Å². The third kappa shape index (κ3) is 3.82. The molecule has 2 N–H and O–H groups in total. The highest BCUT2D eigenvalue weighted by Gasteiger charge is 2.72. The van der Waals surface area contributed by atoms with E-state index in [1.54, 1.807) is 12.1 Å². The predicted molar refractivity (Wildman–Crippen MR) is 135 cm³/mol. The molecule has 7 nitrogen and oxygen atoms in total.